The molecule has 0 N–H and O–H groups in total. The van der Waals surface area contributed by atoms with Gasteiger partial charge in [-0.1, -0.05) is 296 Å². The summed E-state index contributed by atoms with van der Waals surface area (Å²) < 4.78 is 16.9. The lowest BCUT2D eigenvalue weighted by atomic mass is 10.0. The third kappa shape index (κ3) is 62.7. The van der Waals surface area contributed by atoms with Crippen molar-refractivity contribution in [3.8, 4) is 0 Å². The third-order valence-corrected chi connectivity index (χ3v) is 13.7. The van der Waals surface area contributed by atoms with Crippen molar-refractivity contribution < 1.29 is 28.6 Å². The molecule has 6 nitrogen and oxygen atoms in total. The quantitative estimate of drug-likeness (QED) is 0.0261. The van der Waals surface area contributed by atoms with Gasteiger partial charge in [0.05, 0.1) is 0 Å². The molecular weight excluding hydrogens is 961 g/mol. The highest BCUT2D eigenvalue weighted by molar-refractivity contribution is 5.71. The Morgan fingerprint density at radius 2 is 0.513 bits per heavy atom. The Morgan fingerprint density at radius 3 is 0.821 bits per heavy atom. The molecule has 0 amide bonds. The second kappa shape index (κ2) is 65.3. The Morgan fingerprint density at radius 1 is 0.269 bits per heavy atom. The molecule has 0 aliphatic heterocycles. The van der Waals surface area contributed by atoms with Gasteiger partial charge in [-0.2, -0.15) is 0 Å². The van der Waals surface area contributed by atoms with E-state index in [-0.39, 0.29) is 37.5 Å². The molecule has 0 aliphatic carbocycles. The van der Waals surface area contributed by atoms with Gasteiger partial charge >= 0.3 is 17.9 Å². The van der Waals surface area contributed by atoms with Gasteiger partial charge in [0.2, 0.25) is 0 Å². The van der Waals surface area contributed by atoms with Gasteiger partial charge in [0, 0.05) is 19.3 Å². The van der Waals surface area contributed by atoms with Crippen LogP contribution in [0, 0.1) is 0 Å². The summed E-state index contributed by atoms with van der Waals surface area (Å²) >= 11 is 0. The number of allylic oxidation sites excluding steroid dienone is 20. The van der Waals surface area contributed by atoms with E-state index in [2.05, 4.69) is 142 Å². The molecule has 0 aliphatic rings. The Bertz CT molecular complexity index is 1620. The van der Waals surface area contributed by atoms with E-state index in [1.165, 1.54) is 141 Å². The molecule has 0 aromatic rings. The van der Waals surface area contributed by atoms with Crippen molar-refractivity contribution in [1.82, 2.24) is 0 Å². The van der Waals surface area contributed by atoms with Crippen molar-refractivity contribution >= 4 is 17.9 Å². The molecule has 1 atom stereocenters. The van der Waals surface area contributed by atoms with Crippen LogP contribution < -0.4 is 0 Å². The number of esters is 3. The Labute approximate surface area is 482 Å². The lowest BCUT2D eigenvalue weighted by molar-refractivity contribution is -0.167. The fourth-order valence-corrected chi connectivity index (χ4v) is 8.92. The molecule has 0 rings (SSSR count). The molecule has 0 saturated carbocycles. The Kier molecular flexibility index (Phi) is 61.8. The molecule has 0 aromatic carbocycles. The lowest BCUT2D eigenvalue weighted by Crippen LogP contribution is -2.30. The van der Waals surface area contributed by atoms with Crippen molar-refractivity contribution in [2.45, 2.75) is 303 Å². The van der Waals surface area contributed by atoms with Gasteiger partial charge in [-0.15, -0.1) is 0 Å². The summed E-state index contributed by atoms with van der Waals surface area (Å²) in [5, 5.41) is 0. The minimum absolute atomic E-state index is 0.101. The predicted octanol–water partition coefficient (Wildman–Crippen LogP) is 22.4. The zero-order chi connectivity index (χ0) is 56.4. The first-order valence-electron chi connectivity index (χ1n) is 32.5. The minimum atomic E-state index is -0.811. The van der Waals surface area contributed by atoms with Gasteiger partial charge < -0.3 is 14.2 Å². The number of rotatable bonds is 58. The summed E-state index contributed by atoms with van der Waals surface area (Å²) in [6.07, 6.45) is 90.7. The van der Waals surface area contributed by atoms with E-state index in [4.69, 9.17) is 14.2 Å². The SMILES string of the molecule is CC/C=C\C/C=C\C/C=C\C/C=C\C/C=C\CCCCCCCCCCCCCC(=O)OCC(COC(=O)CCCCCCCCCCCCCCCCCC)OC(=O)CCC/C=C\C/C=C\C/C=C\C/C=C\C/C=C\CC. The van der Waals surface area contributed by atoms with Crippen LogP contribution in [0.2, 0.25) is 0 Å². The highest BCUT2D eigenvalue weighted by Gasteiger charge is 2.19. The number of hydrogen-bond acceptors (Lipinski definition) is 6. The van der Waals surface area contributed by atoms with Gasteiger partial charge in [-0.05, 0) is 103 Å². The van der Waals surface area contributed by atoms with E-state index < -0.39 is 6.10 Å². The summed E-state index contributed by atoms with van der Waals surface area (Å²) in [6.45, 7) is 6.39. The molecule has 0 aromatic heterocycles. The summed E-state index contributed by atoms with van der Waals surface area (Å²) in [7, 11) is 0. The van der Waals surface area contributed by atoms with Crippen LogP contribution in [0.1, 0.15) is 297 Å². The first-order chi connectivity index (χ1) is 38.5. The molecule has 0 heterocycles. The largest absolute Gasteiger partial charge is 0.462 e. The maximum absolute atomic E-state index is 12.9. The van der Waals surface area contributed by atoms with Crippen LogP contribution in [0.25, 0.3) is 0 Å². The average Bonchev–Trinajstić information content (AvgIpc) is 3.44. The van der Waals surface area contributed by atoms with Gasteiger partial charge in [-0.25, -0.2) is 0 Å². The fraction of sp³-hybridized carbons (Fsp3) is 0.681. The van der Waals surface area contributed by atoms with Gasteiger partial charge in [0.25, 0.3) is 0 Å². The lowest BCUT2D eigenvalue weighted by Gasteiger charge is -2.18. The molecule has 1 unspecified atom stereocenters. The second-order valence-electron chi connectivity index (χ2n) is 21.3. The van der Waals surface area contributed by atoms with Crippen LogP contribution in [0.15, 0.2) is 122 Å². The maximum atomic E-state index is 12.9. The first-order valence-corrected chi connectivity index (χ1v) is 32.5. The zero-order valence-corrected chi connectivity index (χ0v) is 50.9. The molecule has 0 fully saturated rings. The average molecular weight is 1080 g/mol. The van der Waals surface area contributed by atoms with E-state index in [9.17, 15) is 14.4 Å². The molecular formula is C72H120O6. The third-order valence-electron chi connectivity index (χ3n) is 13.7. The van der Waals surface area contributed by atoms with Crippen LogP contribution >= 0.6 is 0 Å². The molecule has 0 saturated heterocycles. The van der Waals surface area contributed by atoms with Crippen molar-refractivity contribution in [3.05, 3.63) is 122 Å². The Hall–Kier alpha value is -4.19. The summed E-state index contributed by atoms with van der Waals surface area (Å²) in [5.41, 5.74) is 0. The van der Waals surface area contributed by atoms with Gasteiger partial charge in [0.1, 0.15) is 13.2 Å². The normalized spacial score (nSPS) is 12.9. The van der Waals surface area contributed by atoms with Crippen molar-refractivity contribution in [2.24, 2.45) is 0 Å². The predicted molar refractivity (Wildman–Crippen MR) is 339 cm³/mol. The summed E-state index contributed by atoms with van der Waals surface area (Å²) in [6, 6.07) is 0. The molecule has 0 radical (unpaired) electrons. The first kappa shape index (κ1) is 73.8. The number of ether oxygens (including phenoxy) is 3. The van der Waals surface area contributed by atoms with Crippen LogP contribution in [-0.4, -0.2) is 37.2 Å². The smallest absolute Gasteiger partial charge is 0.306 e. The highest BCUT2D eigenvalue weighted by atomic mass is 16.6. The van der Waals surface area contributed by atoms with Crippen molar-refractivity contribution in [2.75, 3.05) is 13.2 Å². The molecule has 0 spiro atoms. The second-order valence-corrected chi connectivity index (χ2v) is 21.3. The van der Waals surface area contributed by atoms with Crippen molar-refractivity contribution in [1.29, 1.82) is 0 Å². The molecule has 6 heteroatoms. The van der Waals surface area contributed by atoms with Crippen LogP contribution in [-0.2, 0) is 28.6 Å². The van der Waals surface area contributed by atoms with E-state index in [0.717, 1.165) is 109 Å². The van der Waals surface area contributed by atoms with Crippen LogP contribution in [0.4, 0.5) is 0 Å². The zero-order valence-electron chi connectivity index (χ0n) is 50.9. The number of unbranched alkanes of at least 4 members (excludes halogenated alkanes) is 27. The molecule has 0 bridgehead atoms. The highest BCUT2D eigenvalue weighted by Crippen LogP contribution is 2.16. The number of carbonyl (C=O) groups is 3. The number of carbonyl (C=O) groups excluding carboxylic acids is 3. The van der Waals surface area contributed by atoms with Gasteiger partial charge in [-0.3, -0.25) is 14.4 Å². The topological polar surface area (TPSA) is 78.9 Å². The van der Waals surface area contributed by atoms with E-state index >= 15 is 0 Å². The van der Waals surface area contributed by atoms with Gasteiger partial charge in [0.15, 0.2) is 6.10 Å². The molecule has 444 valence electrons. The standard InChI is InChI=1S/C72H120O6/c1-4-7-10-13-16-19-22-25-28-31-32-33-34-35-36-37-38-39-40-42-44-47-50-53-56-59-62-65-71(74)77-68-69(67-76-70(73)64-61-58-55-52-49-46-43-30-27-24-21-18-15-12-9-6-3)78-72(75)66-63-60-57-54-51-48-45-41-29-26-23-20-17-14-11-8-5-2/h7-8,10-11,16-17,19-20,25-26,28-29,32-33,35-36,45,48,54,57,69H,4-6,9,12-15,18,21-24,27,30-31,34,37-44,46-47,49-53,55-56,58-68H2,1-3H3/b10-7-,11-8-,19-16-,20-17-,28-25-,29-26-,33-32-,36-35-,48-45-,57-54-. The molecule has 78 heavy (non-hydrogen) atoms. The minimum Gasteiger partial charge on any atom is -0.462 e. The van der Waals surface area contributed by atoms with E-state index in [1.807, 2.05) is 0 Å². The van der Waals surface area contributed by atoms with E-state index in [0.29, 0.717) is 19.3 Å². The van der Waals surface area contributed by atoms with Crippen LogP contribution in [0.5, 0.6) is 0 Å². The summed E-state index contributed by atoms with van der Waals surface area (Å²) in [5.74, 6) is -0.955. The fourth-order valence-electron chi connectivity index (χ4n) is 8.92. The Balaban J connectivity index is 4.39. The number of hydrogen-bond donors (Lipinski definition) is 0. The monoisotopic (exact) mass is 1080 g/mol. The maximum Gasteiger partial charge on any atom is 0.306 e. The van der Waals surface area contributed by atoms with Crippen LogP contribution in [0.3, 0.4) is 0 Å². The van der Waals surface area contributed by atoms with Crippen molar-refractivity contribution in [3.63, 3.8) is 0 Å². The summed E-state index contributed by atoms with van der Waals surface area (Å²) in [4.78, 5) is 38.3. The van der Waals surface area contributed by atoms with E-state index in [1.54, 1.807) is 0 Å².